The minimum Gasteiger partial charge on any atom is -0.341 e. The van der Waals surface area contributed by atoms with Crippen LogP contribution in [0.15, 0.2) is 65.7 Å². The van der Waals surface area contributed by atoms with Crippen LogP contribution in [0.5, 0.6) is 0 Å². The Morgan fingerprint density at radius 3 is 2.52 bits per heavy atom. The molecule has 0 N–H and O–H groups in total. The van der Waals surface area contributed by atoms with Crippen LogP contribution in [0.1, 0.15) is 18.9 Å². The highest BCUT2D eigenvalue weighted by molar-refractivity contribution is 5.76. The van der Waals surface area contributed by atoms with Crippen molar-refractivity contribution >= 4 is 5.91 Å². The largest absolute Gasteiger partial charge is 0.341 e. The third-order valence-electron chi connectivity index (χ3n) is 4.91. The Morgan fingerprint density at radius 1 is 1.04 bits per heavy atom. The van der Waals surface area contributed by atoms with Crippen LogP contribution in [-0.2, 0) is 11.3 Å². The summed E-state index contributed by atoms with van der Waals surface area (Å²) in [5, 5.41) is 8.66. The summed E-state index contributed by atoms with van der Waals surface area (Å²) in [5.74, 6) is 0.0514. The van der Waals surface area contributed by atoms with Crippen molar-refractivity contribution < 1.29 is 4.79 Å². The third kappa shape index (κ3) is 3.81. The van der Waals surface area contributed by atoms with E-state index in [1.165, 1.54) is 0 Å². The Hall–Kier alpha value is -3.22. The molecule has 1 saturated heterocycles. The molecule has 0 unspecified atom stereocenters. The van der Waals surface area contributed by atoms with E-state index in [0.29, 0.717) is 13.1 Å². The highest BCUT2D eigenvalue weighted by Gasteiger charge is 2.25. The molecule has 3 aromatic rings. The van der Waals surface area contributed by atoms with Gasteiger partial charge in [0.2, 0.25) is 5.91 Å². The van der Waals surface area contributed by atoms with Gasteiger partial charge in [0.25, 0.3) is 5.56 Å². The summed E-state index contributed by atoms with van der Waals surface area (Å²) < 4.78 is 3.21. The molecule has 0 spiro atoms. The number of amides is 1. The van der Waals surface area contributed by atoms with Crippen molar-refractivity contribution in [3.05, 3.63) is 71.3 Å². The molecule has 1 aliphatic rings. The number of benzene rings is 1. The zero-order valence-corrected chi connectivity index (χ0v) is 14.9. The lowest BCUT2D eigenvalue weighted by Gasteiger charge is -2.32. The maximum atomic E-state index is 12.4. The van der Waals surface area contributed by atoms with E-state index in [4.69, 9.17) is 0 Å². The van der Waals surface area contributed by atoms with Crippen molar-refractivity contribution in [2.24, 2.45) is 0 Å². The first-order valence-electron chi connectivity index (χ1n) is 9.11. The first-order chi connectivity index (χ1) is 13.2. The number of piperidine rings is 1. The van der Waals surface area contributed by atoms with Crippen molar-refractivity contribution in [3.8, 4) is 11.3 Å². The molecule has 3 heterocycles. The Kier molecular flexibility index (Phi) is 4.82. The van der Waals surface area contributed by atoms with Crippen LogP contribution >= 0.6 is 0 Å². The Balaban J connectivity index is 1.45. The summed E-state index contributed by atoms with van der Waals surface area (Å²) in [5.41, 5.74) is 1.67. The molecule has 0 aliphatic carbocycles. The summed E-state index contributed by atoms with van der Waals surface area (Å²) in [6.07, 6.45) is 4.88. The molecule has 4 rings (SSSR count). The molecule has 7 heteroatoms. The zero-order chi connectivity index (χ0) is 18.6. The van der Waals surface area contributed by atoms with Gasteiger partial charge in [-0.05, 0) is 25.0 Å². The van der Waals surface area contributed by atoms with Gasteiger partial charge in [0.1, 0.15) is 6.54 Å². The van der Waals surface area contributed by atoms with Gasteiger partial charge in [-0.3, -0.25) is 14.3 Å². The molecule has 1 fully saturated rings. The average molecular weight is 363 g/mol. The monoisotopic (exact) mass is 363 g/mol. The van der Waals surface area contributed by atoms with E-state index in [0.717, 1.165) is 24.1 Å². The van der Waals surface area contributed by atoms with Crippen LogP contribution in [0.2, 0.25) is 0 Å². The van der Waals surface area contributed by atoms with Gasteiger partial charge in [-0.25, -0.2) is 4.68 Å². The van der Waals surface area contributed by atoms with Gasteiger partial charge in [-0.1, -0.05) is 30.3 Å². The van der Waals surface area contributed by atoms with Gasteiger partial charge in [0, 0.05) is 37.1 Å². The maximum Gasteiger partial charge on any atom is 0.267 e. The van der Waals surface area contributed by atoms with Crippen LogP contribution in [-0.4, -0.2) is 43.5 Å². The second-order valence-electron chi connectivity index (χ2n) is 6.68. The van der Waals surface area contributed by atoms with Crippen LogP contribution in [0.3, 0.4) is 0 Å². The number of hydrogen-bond donors (Lipinski definition) is 0. The molecule has 0 saturated carbocycles. The van der Waals surface area contributed by atoms with Crippen molar-refractivity contribution in [1.82, 2.24) is 24.5 Å². The Bertz CT molecular complexity index is 958. The van der Waals surface area contributed by atoms with Gasteiger partial charge >= 0.3 is 0 Å². The van der Waals surface area contributed by atoms with Gasteiger partial charge in [-0.2, -0.15) is 10.2 Å². The predicted octanol–water partition coefficient (Wildman–Crippen LogP) is 1.97. The summed E-state index contributed by atoms with van der Waals surface area (Å²) >= 11 is 0. The van der Waals surface area contributed by atoms with E-state index in [1.54, 1.807) is 40.0 Å². The molecule has 1 amide bonds. The molecule has 2 aromatic heterocycles. The second kappa shape index (κ2) is 7.57. The number of nitrogens with zero attached hydrogens (tertiary/aromatic N) is 5. The van der Waals surface area contributed by atoms with E-state index in [1.807, 2.05) is 35.2 Å². The molecular formula is C20H21N5O2. The van der Waals surface area contributed by atoms with E-state index in [-0.39, 0.29) is 24.1 Å². The van der Waals surface area contributed by atoms with Crippen molar-refractivity contribution in [1.29, 1.82) is 0 Å². The third-order valence-corrected chi connectivity index (χ3v) is 4.91. The van der Waals surface area contributed by atoms with Gasteiger partial charge in [-0.15, -0.1) is 0 Å². The summed E-state index contributed by atoms with van der Waals surface area (Å²) in [4.78, 5) is 26.6. The molecule has 1 aliphatic heterocycles. The Morgan fingerprint density at radius 2 is 1.81 bits per heavy atom. The molecule has 138 valence electrons. The lowest BCUT2D eigenvalue weighted by molar-refractivity contribution is -0.133. The van der Waals surface area contributed by atoms with E-state index in [2.05, 4.69) is 10.2 Å². The van der Waals surface area contributed by atoms with Crippen LogP contribution in [0.25, 0.3) is 11.3 Å². The summed E-state index contributed by atoms with van der Waals surface area (Å²) in [7, 11) is 0. The highest BCUT2D eigenvalue weighted by Crippen LogP contribution is 2.22. The molecule has 27 heavy (non-hydrogen) atoms. The van der Waals surface area contributed by atoms with E-state index >= 15 is 0 Å². The molecule has 0 bridgehead atoms. The SMILES string of the molecule is O=C(Cn1cccn1)N1CCC(n2nc(-c3ccccc3)ccc2=O)CC1. The fraction of sp³-hybridized carbons (Fsp3) is 0.300. The normalized spacial score (nSPS) is 15.0. The second-order valence-corrected chi connectivity index (χ2v) is 6.68. The summed E-state index contributed by atoms with van der Waals surface area (Å²) in [6.45, 7) is 1.49. The Labute approximate surface area is 156 Å². The first-order valence-corrected chi connectivity index (χ1v) is 9.11. The standard InChI is InChI=1S/C20H21N5O2/c26-19-8-7-18(16-5-2-1-3-6-16)22-25(19)17-9-13-23(14-10-17)20(27)15-24-12-4-11-21-24/h1-8,11-12,17H,9-10,13-15H2. The number of carbonyl (C=O) groups excluding carboxylic acids is 1. The number of likely N-dealkylation sites (tertiary alicyclic amines) is 1. The van der Waals surface area contributed by atoms with Crippen LogP contribution in [0, 0.1) is 0 Å². The topological polar surface area (TPSA) is 73.0 Å². The fourth-order valence-electron chi connectivity index (χ4n) is 3.44. The molecule has 1 aromatic carbocycles. The lowest BCUT2D eigenvalue weighted by Crippen LogP contribution is -2.42. The first kappa shape index (κ1) is 17.2. The smallest absolute Gasteiger partial charge is 0.267 e. The predicted molar refractivity (Wildman–Crippen MR) is 101 cm³/mol. The van der Waals surface area contributed by atoms with Crippen LogP contribution < -0.4 is 5.56 Å². The van der Waals surface area contributed by atoms with E-state index in [9.17, 15) is 9.59 Å². The molecule has 0 atom stereocenters. The maximum absolute atomic E-state index is 12.4. The van der Waals surface area contributed by atoms with Crippen molar-refractivity contribution in [2.45, 2.75) is 25.4 Å². The average Bonchev–Trinajstić information content (AvgIpc) is 3.22. The summed E-state index contributed by atoms with van der Waals surface area (Å²) in [6, 6.07) is 15.0. The highest BCUT2D eigenvalue weighted by atomic mass is 16.2. The fourth-order valence-corrected chi connectivity index (χ4v) is 3.44. The van der Waals surface area contributed by atoms with Gasteiger partial charge in [0.15, 0.2) is 0 Å². The zero-order valence-electron chi connectivity index (χ0n) is 14.9. The molecule has 7 nitrogen and oxygen atoms in total. The molecular weight excluding hydrogens is 342 g/mol. The van der Waals surface area contributed by atoms with Gasteiger partial charge in [0.05, 0.1) is 11.7 Å². The number of carbonyl (C=O) groups is 1. The number of aromatic nitrogens is 4. The number of rotatable bonds is 4. The quantitative estimate of drug-likeness (QED) is 0.710. The number of hydrogen-bond acceptors (Lipinski definition) is 4. The molecule has 0 radical (unpaired) electrons. The minimum atomic E-state index is -0.101. The van der Waals surface area contributed by atoms with Crippen LogP contribution in [0.4, 0.5) is 0 Å². The van der Waals surface area contributed by atoms with Crippen molar-refractivity contribution in [3.63, 3.8) is 0 Å². The van der Waals surface area contributed by atoms with Gasteiger partial charge < -0.3 is 4.90 Å². The van der Waals surface area contributed by atoms with E-state index < -0.39 is 0 Å². The van der Waals surface area contributed by atoms with Crippen molar-refractivity contribution in [2.75, 3.05) is 13.1 Å². The minimum absolute atomic E-state index is 0.00918. The lowest BCUT2D eigenvalue weighted by atomic mass is 10.0.